The van der Waals surface area contributed by atoms with E-state index in [4.69, 9.17) is 0 Å². The van der Waals surface area contributed by atoms with Crippen LogP contribution in [-0.4, -0.2) is 33.7 Å². The van der Waals surface area contributed by atoms with Crippen LogP contribution in [0, 0.1) is 11.8 Å². The molecule has 2 N–H and O–H groups in total. The first-order chi connectivity index (χ1) is 15.1. The zero-order valence-electron chi connectivity index (χ0n) is 16.6. The lowest BCUT2D eigenvalue weighted by molar-refractivity contribution is -0.142. The predicted molar refractivity (Wildman–Crippen MR) is 105 cm³/mol. The maximum Gasteiger partial charge on any atom is 0.433 e. The molecule has 32 heavy (non-hydrogen) atoms. The van der Waals surface area contributed by atoms with Gasteiger partial charge in [0.25, 0.3) is 0 Å². The van der Waals surface area contributed by atoms with Crippen LogP contribution in [0.3, 0.4) is 0 Å². The Morgan fingerprint density at radius 1 is 0.938 bits per heavy atom. The molecule has 0 radical (unpaired) electrons. The van der Waals surface area contributed by atoms with Gasteiger partial charge in [0.15, 0.2) is 5.65 Å². The third-order valence-corrected chi connectivity index (χ3v) is 6.31. The van der Waals surface area contributed by atoms with Gasteiger partial charge in [0, 0.05) is 11.6 Å². The Labute approximate surface area is 178 Å². The third kappa shape index (κ3) is 3.68. The van der Waals surface area contributed by atoms with Crippen molar-refractivity contribution in [1.82, 2.24) is 19.9 Å². The Morgan fingerprint density at radius 3 is 2.31 bits per heavy atom. The average Bonchev–Trinajstić information content (AvgIpc) is 3.22. The largest absolute Gasteiger partial charge is 0.433 e. The summed E-state index contributed by atoms with van der Waals surface area (Å²) in [4.78, 5) is 4.28. The summed E-state index contributed by atoms with van der Waals surface area (Å²) < 4.78 is 81.0. The number of nitrogens with zero attached hydrogens (tertiary/aromatic N) is 3. The Kier molecular flexibility index (Phi) is 4.84. The fourth-order valence-corrected chi connectivity index (χ4v) is 4.80. The number of hydrogen-bond donors (Lipinski definition) is 2. The van der Waals surface area contributed by atoms with Crippen molar-refractivity contribution in [2.75, 3.05) is 18.4 Å². The SMILES string of the molecule is FC(F)(F)c1cccc(-c2ccc(C(F)(F)F)n3nc(NC4[C@@H]5CC[C@H]4CNC5)nc23)c1. The van der Waals surface area contributed by atoms with E-state index in [9.17, 15) is 26.3 Å². The molecule has 170 valence electrons. The van der Waals surface area contributed by atoms with E-state index >= 15 is 0 Å². The van der Waals surface area contributed by atoms with Crippen LogP contribution in [0.1, 0.15) is 24.1 Å². The molecule has 3 atom stereocenters. The molecule has 5 rings (SSSR count). The first-order valence-electron chi connectivity index (χ1n) is 10.2. The molecule has 1 unspecified atom stereocenters. The van der Waals surface area contributed by atoms with E-state index in [0.29, 0.717) is 16.4 Å². The highest BCUT2D eigenvalue weighted by Crippen LogP contribution is 2.38. The van der Waals surface area contributed by atoms with E-state index in [-0.39, 0.29) is 28.8 Å². The molecule has 3 aromatic rings. The number of aromatic nitrogens is 3. The number of fused-ring (bicyclic) bond motifs is 3. The fraction of sp³-hybridized carbons (Fsp3) is 0.429. The smallest absolute Gasteiger partial charge is 0.350 e. The van der Waals surface area contributed by atoms with Crippen LogP contribution in [0.2, 0.25) is 0 Å². The molecule has 0 amide bonds. The van der Waals surface area contributed by atoms with Crippen molar-refractivity contribution in [3.63, 3.8) is 0 Å². The molecule has 1 aliphatic carbocycles. The Bertz CT molecular complexity index is 1140. The van der Waals surface area contributed by atoms with Crippen LogP contribution in [0.15, 0.2) is 36.4 Å². The highest BCUT2D eigenvalue weighted by Gasteiger charge is 2.40. The van der Waals surface area contributed by atoms with E-state index in [1.807, 2.05) is 0 Å². The summed E-state index contributed by atoms with van der Waals surface area (Å²) in [7, 11) is 0. The maximum absolute atomic E-state index is 13.6. The van der Waals surface area contributed by atoms with Crippen molar-refractivity contribution in [2.24, 2.45) is 11.8 Å². The molecule has 3 heterocycles. The quantitative estimate of drug-likeness (QED) is 0.555. The number of rotatable bonds is 3. The van der Waals surface area contributed by atoms with Gasteiger partial charge in [-0.1, -0.05) is 12.1 Å². The molecule has 0 spiro atoms. The summed E-state index contributed by atoms with van der Waals surface area (Å²) in [5.41, 5.74) is -1.84. The number of benzene rings is 1. The van der Waals surface area contributed by atoms with Crippen LogP contribution in [0.25, 0.3) is 16.8 Å². The zero-order valence-corrected chi connectivity index (χ0v) is 16.6. The Hall–Kier alpha value is -2.82. The van der Waals surface area contributed by atoms with Crippen LogP contribution in [0.5, 0.6) is 0 Å². The van der Waals surface area contributed by atoms with Gasteiger partial charge in [-0.3, -0.25) is 0 Å². The van der Waals surface area contributed by atoms with Crippen molar-refractivity contribution < 1.29 is 26.3 Å². The summed E-state index contributed by atoms with van der Waals surface area (Å²) >= 11 is 0. The molecule has 1 saturated carbocycles. The fourth-order valence-electron chi connectivity index (χ4n) is 4.80. The lowest BCUT2D eigenvalue weighted by Gasteiger charge is -2.30. The highest BCUT2D eigenvalue weighted by atomic mass is 19.4. The van der Waals surface area contributed by atoms with E-state index in [2.05, 4.69) is 20.7 Å². The predicted octanol–water partition coefficient (Wildman–Crippen LogP) is 4.84. The number of anilines is 1. The van der Waals surface area contributed by atoms with E-state index in [1.54, 1.807) is 0 Å². The molecular weight excluding hydrogens is 436 g/mol. The molecule has 2 aromatic heterocycles. The average molecular weight is 455 g/mol. The zero-order chi connectivity index (χ0) is 22.7. The number of nitrogens with one attached hydrogen (secondary N) is 2. The lowest BCUT2D eigenvalue weighted by atomic mass is 9.94. The Morgan fingerprint density at radius 2 is 1.66 bits per heavy atom. The second-order valence-corrected chi connectivity index (χ2v) is 8.31. The standard InChI is InChI=1S/C21H19F6N5/c22-20(23,24)14-3-1-2-11(8-14)15-6-7-16(21(25,26)27)32-18(15)30-19(31-32)29-17-12-4-5-13(17)10-28-9-12/h1-3,6-8,12-13,17,28H,4-5,9-10H2,(H,29,31)/t12-,13+,17?. The Balaban J connectivity index is 1.60. The summed E-state index contributed by atoms with van der Waals surface area (Å²) in [5.74, 6) is 0.689. The van der Waals surface area contributed by atoms with Crippen molar-refractivity contribution in [2.45, 2.75) is 31.2 Å². The highest BCUT2D eigenvalue weighted by molar-refractivity contribution is 5.78. The van der Waals surface area contributed by atoms with E-state index < -0.39 is 23.6 Å². The minimum absolute atomic E-state index is 0.0405. The second kappa shape index (κ2) is 7.36. The minimum atomic E-state index is -4.71. The second-order valence-electron chi connectivity index (χ2n) is 8.31. The van der Waals surface area contributed by atoms with Crippen LogP contribution >= 0.6 is 0 Å². The summed E-state index contributed by atoms with van der Waals surface area (Å²) in [5, 5.41) is 10.6. The van der Waals surface area contributed by atoms with Crippen LogP contribution in [0.4, 0.5) is 32.3 Å². The van der Waals surface area contributed by atoms with Gasteiger partial charge in [-0.2, -0.15) is 31.3 Å². The number of hydrogen-bond acceptors (Lipinski definition) is 4. The van der Waals surface area contributed by atoms with Gasteiger partial charge in [-0.05, 0) is 67.6 Å². The number of alkyl halides is 6. The van der Waals surface area contributed by atoms with Gasteiger partial charge in [0.2, 0.25) is 5.95 Å². The third-order valence-electron chi connectivity index (χ3n) is 6.31. The van der Waals surface area contributed by atoms with Crippen molar-refractivity contribution in [3.8, 4) is 11.1 Å². The molecule has 1 aromatic carbocycles. The first kappa shape index (κ1) is 21.0. The molecule has 1 aliphatic heterocycles. The number of piperidine rings is 1. The van der Waals surface area contributed by atoms with E-state index in [0.717, 1.165) is 50.2 Å². The topological polar surface area (TPSA) is 54.2 Å². The van der Waals surface area contributed by atoms with Crippen molar-refractivity contribution >= 4 is 11.6 Å². The lowest BCUT2D eigenvalue weighted by Crippen LogP contribution is -2.45. The summed E-state index contributed by atoms with van der Waals surface area (Å²) in [6.07, 6.45) is -7.27. The van der Waals surface area contributed by atoms with Gasteiger partial charge < -0.3 is 10.6 Å². The van der Waals surface area contributed by atoms with Gasteiger partial charge >= 0.3 is 12.4 Å². The number of halogens is 6. The van der Waals surface area contributed by atoms with Gasteiger partial charge in [0.1, 0.15) is 5.69 Å². The van der Waals surface area contributed by atoms with Crippen LogP contribution in [-0.2, 0) is 12.4 Å². The molecule has 1 saturated heterocycles. The first-order valence-corrected chi connectivity index (χ1v) is 10.2. The molecule has 5 nitrogen and oxygen atoms in total. The molecule has 11 heteroatoms. The summed E-state index contributed by atoms with van der Waals surface area (Å²) in [6, 6.07) is 6.43. The van der Waals surface area contributed by atoms with Crippen molar-refractivity contribution in [3.05, 3.63) is 47.7 Å². The minimum Gasteiger partial charge on any atom is -0.350 e. The summed E-state index contributed by atoms with van der Waals surface area (Å²) in [6.45, 7) is 1.62. The molecule has 2 fully saturated rings. The maximum atomic E-state index is 13.6. The molecular formula is C21H19F6N5. The van der Waals surface area contributed by atoms with E-state index in [1.165, 1.54) is 12.1 Å². The van der Waals surface area contributed by atoms with Gasteiger partial charge in [-0.25, -0.2) is 4.52 Å². The van der Waals surface area contributed by atoms with Crippen LogP contribution < -0.4 is 10.6 Å². The normalized spacial score (nSPS) is 23.6. The van der Waals surface area contributed by atoms with Gasteiger partial charge in [0.05, 0.1) is 5.56 Å². The molecule has 2 bridgehead atoms. The van der Waals surface area contributed by atoms with Crippen molar-refractivity contribution in [1.29, 1.82) is 0 Å². The monoisotopic (exact) mass is 455 g/mol. The van der Waals surface area contributed by atoms with Gasteiger partial charge in [-0.15, -0.1) is 5.10 Å². The number of pyridine rings is 1. The molecule has 2 aliphatic rings.